The zero-order valence-corrected chi connectivity index (χ0v) is 17.9. The van der Waals surface area contributed by atoms with Crippen LogP contribution < -0.4 is 10.1 Å². The maximum Gasteiger partial charge on any atom is 0.224 e. The summed E-state index contributed by atoms with van der Waals surface area (Å²) < 4.78 is 7.78. The van der Waals surface area contributed by atoms with Crippen molar-refractivity contribution in [3.8, 4) is 17.4 Å². The molecule has 0 unspecified atom stereocenters. The maximum absolute atomic E-state index is 10.2. The lowest BCUT2D eigenvalue weighted by atomic mass is 10.0. The fourth-order valence-corrected chi connectivity index (χ4v) is 3.01. The van der Waals surface area contributed by atoms with Gasteiger partial charge in [0.2, 0.25) is 5.88 Å². The molecule has 4 aromatic rings. The summed E-state index contributed by atoms with van der Waals surface area (Å²) in [7, 11) is 0. The van der Waals surface area contributed by atoms with Crippen molar-refractivity contribution in [2.45, 2.75) is 33.3 Å². The first-order valence-corrected chi connectivity index (χ1v) is 9.88. The quantitative estimate of drug-likeness (QED) is 0.479. The van der Waals surface area contributed by atoms with Crippen molar-refractivity contribution in [2.24, 2.45) is 0 Å². The number of anilines is 2. The molecular formula is C23H24N6O2. The van der Waals surface area contributed by atoms with Gasteiger partial charge in [0.25, 0.3) is 0 Å². The van der Waals surface area contributed by atoms with Crippen LogP contribution in [0.4, 0.5) is 11.5 Å². The Bertz CT molecular complexity index is 1210. The van der Waals surface area contributed by atoms with Gasteiger partial charge in [-0.2, -0.15) is 9.78 Å². The number of aromatic nitrogens is 5. The number of nitrogens with zero attached hydrogens (tertiary/aromatic N) is 5. The zero-order valence-electron chi connectivity index (χ0n) is 17.9. The van der Waals surface area contributed by atoms with Gasteiger partial charge < -0.3 is 15.2 Å². The standard InChI is InChI=1S/C23H24N6O2/c1-15-6-5-7-21(26-15)29-22(12-16(2)28-29)31-18-9-11-25-20(14-18)27-17-8-10-24-19(13-17)23(3,4)30/h5-14,30H,1-4H3,(H,24,25,27). The summed E-state index contributed by atoms with van der Waals surface area (Å²) in [6.07, 6.45) is 3.31. The first kappa shape index (κ1) is 20.5. The second-order valence-corrected chi connectivity index (χ2v) is 7.77. The molecule has 0 fully saturated rings. The van der Waals surface area contributed by atoms with Crippen LogP contribution >= 0.6 is 0 Å². The molecule has 2 N–H and O–H groups in total. The Kier molecular flexibility index (Phi) is 5.39. The normalized spacial score (nSPS) is 11.4. The van der Waals surface area contributed by atoms with Gasteiger partial charge in [0, 0.05) is 35.9 Å². The van der Waals surface area contributed by atoms with E-state index in [0.717, 1.165) is 17.1 Å². The summed E-state index contributed by atoms with van der Waals surface area (Å²) in [5, 5.41) is 17.9. The SMILES string of the molecule is Cc1cccc(-n2nc(C)cc2Oc2ccnc(Nc3ccnc(C(C)(C)O)c3)c2)n1. The predicted molar refractivity (Wildman–Crippen MR) is 118 cm³/mol. The number of rotatable bonds is 6. The molecule has 4 heterocycles. The number of hydrogen-bond acceptors (Lipinski definition) is 7. The Hall–Kier alpha value is -3.78. The molecule has 0 aliphatic heterocycles. The lowest BCUT2D eigenvalue weighted by Crippen LogP contribution is -2.17. The van der Waals surface area contributed by atoms with Gasteiger partial charge in [0.15, 0.2) is 5.82 Å². The topological polar surface area (TPSA) is 98.0 Å². The molecule has 0 atom stereocenters. The Morgan fingerprint density at radius 3 is 2.55 bits per heavy atom. The summed E-state index contributed by atoms with van der Waals surface area (Å²) in [4.78, 5) is 13.1. The van der Waals surface area contributed by atoms with Gasteiger partial charge in [0.1, 0.15) is 17.2 Å². The number of pyridine rings is 3. The van der Waals surface area contributed by atoms with Crippen molar-refractivity contribution in [1.29, 1.82) is 0 Å². The highest BCUT2D eigenvalue weighted by molar-refractivity contribution is 5.57. The molecule has 0 saturated carbocycles. The lowest BCUT2D eigenvalue weighted by molar-refractivity contribution is 0.0739. The van der Waals surface area contributed by atoms with Crippen LogP contribution in [-0.2, 0) is 5.60 Å². The van der Waals surface area contributed by atoms with E-state index in [9.17, 15) is 5.11 Å². The van der Waals surface area contributed by atoms with E-state index in [4.69, 9.17) is 4.74 Å². The number of ether oxygens (including phenoxy) is 1. The Morgan fingerprint density at radius 1 is 0.968 bits per heavy atom. The highest BCUT2D eigenvalue weighted by atomic mass is 16.5. The van der Waals surface area contributed by atoms with Crippen molar-refractivity contribution in [3.63, 3.8) is 0 Å². The predicted octanol–water partition coefficient (Wildman–Crippen LogP) is 4.44. The molecule has 4 rings (SSSR count). The largest absolute Gasteiger partial charge is 0.439 e. The van der Waals surface area contributed by atoms with E-state index < -0.39 is 5.60 Å². The summed E-state index contributed by atoms with van der Waals surface area (Å²) in [5.74, 6) is 2.44. The van der Waals surface area contributed by atoms with Gasteiger partial charge in [-0.3, -0.25) is 4.98 Å². The van der Waals surface area contributed by atoms with Crippen LogP contribution in [0.25, 0.3) is 5.82 Å². The van der Waals surface area contributed by atoms with Crippen molar-refractivity contribution in [1.82, 2.24) is 24.7 Å². The fraction of sp³-hybridized carbons (Fsp3) is 0.217. The molecule has 158 valence electrons. The highest BCUT2D eigenvalue weighted by Crippen LogP contribution is 2.27. The smallest absolute Gasteiger partial charge is 0.224 e. The van der Waals surface area contributed by atoms with Gasteiger partial charge in [-0.25, -0.2) is 9.97 Å². The molecule has 4 aromatic heterocycles. The summed E-state index contributed by atoms with van der Waals surface area (Å²) >= 11 is 0. The highest BCUT2D eigenvalue weighted by Gasteiger charge is 2.18. The van der Waals surface area contributed by atoms with Crippen molar-refractivity contribution in [3.05, 3.63) is 78.0 Å². The molecule has 8 heteroatoms. The molecule has 31 heavy (non-hydrogen) atoms. The van der Waals surface area contributed by atoms with Gasteiger partial charge in [0.05, 0.1) is 11.4 Å². The monoisotopic (exact) mass is 416 g/mol. The molecule has 0 amide bonds. The molecule has 0 aromatic carbocycles. The van der Waals surface area contributed by atoms with Gasteiger partial charge in [-0.05, 0) is 58.0 Å². The van der Waals surface area contributed by atoms with Crippen LogP contribution in [0.3, 0.4) is 0 Å². The second kappa shape index (κ2) is 8.16. The van der Waals surface area contributed by atoms with Crippen LogP contribution in [0.2, 0.25) is 0 Å². The fourth-order valence-electron chi connectivity index (χ4n) is 3.01. The summed E-state index contributed by atoms with van der Waals surface area (Å²) in [6.45, 7) is 7.23. The Labute approximate surface area is 180 Å². The maximum atomic E-state index is 10.2. The molecule has 0 aliphatic carbocycles. The minimum absolute atomic E-state index is 0.556. The Morgan fingerprint density at radius 2 is 1.77 bits per heavy atom. The van der Waals surface area contributed by atoms with E-state index in [0.29, 0.717) is 29.0 Å². The van der Waals surface area contributed by atoms with Gasteiger partial charge >= 0.3 is 0 Å². The van der Waals surface area contributed by atoms with Gasteiger partial charge in [-0.15, -0.1) is 0 Å². The van der Waals surface area contributed by atoms with Crippen molar-refractivity contribution >= 4 is 11.5 Å². The van der Waals surface area contributed by atoms with Crippen LogP contribution in [-0.4, -0.2) is 29.8 Å². The average molecular weight is 416 g/mol. The number of hydrogen-bond donors (Lipinski definition) is 2. The third-order valence-electron chi connectivity index (χ3n) is 4.50. The van der Waals surface area contributed by atoms with Crippen molar-refractivity contribution in [2.75, 3.05) is 5.32 Å². The number of nitrogens with one attached hydrogen (secondary N) is 1. The molecular weight excluding hydrogens is 392 g/mol. The molecule has 0 radical (unpaired) electrons. The van der Waals surface area contributed by atoms with E-state index in [-0.39, 0.29) is 0 Å². The van der Waals surface area contributed by atoms with E-state index in [1.165, 1.54) is 0 Å². The number of aryl methyl sites for hydroxylation is 2. The summed E-state index contributed by atoms with van der Waals surface area (Å²) in [6, 6.07) is 14.8. The van der Waals surface area contributed by atoms with Crippen LogP contribution in [0, 0.1) is 13.8 Å². The van der Waals surface area contributed by atoms with Crippen LogP contribution in [0.15, 0.2) is 60.9 Å². The van der Waals surface area contributed by atoms with Crippen molar-refractivity contribution < 1.29 is 9.84 Å². The van der Waals surface area contributed by atoms with E-state index in [1.54, 1.807) is 49.1 Å². The van der Waals surface area contributed by atoms with E-state index in [1.807, 2.05) is 44.2 Å². The minimum atomic E-state index is -1.03. The third kappa shape index (κ3) is 4.87. The molecule has 0 aliphatic rings. The van der Waals surface area contributed by atoms with E-state index in [2.05, 4.69) is 25.4 Å². The van der Waals surface area contributed by atoms with Crippen LogP contribution in [0.5, 0.6) is 11.6 Å². The van der Waals surface area contributed by atoms with E-state index >= 15 is 0 Å². The Balaban J connectivity index is 1.58. The third-order valence-corrected chi connectivity index (χ3v) is 4.50. The van der Waals surface area contributed by atoms with Crippen LogP contribution in [0.1, 0.15) is 30.9 Å². The molecule has 0 saturated heterocycles. The number of aliphatic hydroxyl groups is 1. The molecule has 8 nitrogen and oxygen atoms in total. The zero-order chi connectivity index (χ0) is 22.0. The molecule has 0 spiro atoms. The second-order valence-electron chi connectivity index (χ2n) is 7.77. The van der Waals surface area contributed by atoms with Gasteiger partial charge in [-0.1, -0.05) is 6.07 Å². The first-order chi connectivity index (χ1) is 14.8. The minimum Gasteiger partial charge on any atom is -0.439 e. The lowest BCUT2D eigenvalue weighted by Gasteiger charge is -2.17. The molecule has 0 bridgehead atoms. The average Bonchev–Trinajstić information content (AvgIpc) is 3.08. The first-order valence-electron chi connectivity index (χ1n) is 9.88. The summed E-state index contributed by atoms with van der Waals surface area (Å²) in [5.41, 5.74) is 2.02.